The quantitative estimate of drug-likeness (QED) is 0.445. The maximum absolute atomic E-state index is 13.1. The zero-order valence-corrected chi connectivity index (χ0v) is 22.4. The second-order valence-corrected chi connectivity index (χ2v) is 10.2. The first kappa shape index (κ1) is 27.0. The minimum Gasteiger partial charge on any atom is -0.385 e. The molecule has 38 heavy (non-hydrogen) atoms. The predicted molar refractivity (Wildman–Crippen MR) is 156 cm³/mol. The molecule has 0 atom stereocenters. The van der Waals surface area contributed by atoms with Crippen molar-refractivity contribution in [2.24, 2.45) is 10.7 Å². The van der Waals surface area contributed by atoms with Crippen molar-refractivity contribution in [3.8, 4) is 0 Å². The summed E-state index contributed by atoms with van der Waals surface area (Å²) in [6.07, 6.45) is 12.0. The number of amides is 1. The van der Waals surface area contributed by atoms with Gasteiger partial charge in [0.15, 0.2) is 0 Å². The van der Waals surface area contributed by atoms with Crippen LogP contribution in [0.15, 0.2) is 114 Å². The van der Waals surface area contributed by atoms with E-state index in [4.69, 9.17) is 10.7 Å². The minimum atomic E-state index is 0.0435. The van der Waals surface area contributed by atoms with Crippen molar-refractivity contribution in [3.05, 3.63) is 120 Å². The van der Waals surface area contributed by atoms with E-state index in [1.807, 2.05) is 79.7 Å². The fourth-order valence-corrected chi connectivity index (χ4v) is 5.09. The number of benzene rings is 2. The second kappa shape index (κ2) is 13.0. The molecule has 1 amide bonds. The third-order valence-corrected chi connectivity index (χ3v) is 7.17. The number of hydrogen-bond acceptors (Lipinski definition) is 5. The van der Waals surface area contributed by atoms with E-state index in [1.165, 1.54) is 0 Å². The van der Waals surface area contributed by atoms with Gasteiger partial charge in [-0.25, -0.2) is 4.99 Å². The Balaban J connectivity index is 1.30. The van der Waals surface area contributed by atoms with E-state index < -0.39 is 0 Å². The molecule has 0 saturated heterocycles. The Labute approximate surface area is 226 Å². The third kappa shape index (κ3) is 7.25. The monoisotopic (exact) mass is 509 g/mol. The normalized spacial score (nSPS) is 21.3. The van der Waals surface area contributed by atoms with Crippen LogP contribution in [0.3, 0.4) is 0 Å². The number of rotatable bonds is 9. The highest BCUT2D eigenvalue weighted by Gasteiger charge is 2.25. The lowest BCUT2D eigenvalue weighted by molar-refractivity contribution is -0.122. The van der Waals surface area contributed by atoms with Gasteiger partial charge in [0.2, 0.25) is 5.91 Å². The fourth-order valence-electron chi connectivity index (χ4n) is 5.09. The summed E-state index contributed by atoms with van der Waals surface area (Å²) in [6, 6.07) is 21.0. The Kier molecular flexibility index (Phi) is 9.20. The summed E-state index contributed by atoms with van der Waals surface area (Å²) in [5, 5.41) is 6.77. The number of nitrogens with zero attached hydrogens (tertiary/aromatic N) is 2. The van der Waals surface area contributed by atoms with E-state index in [1.54, 1.807) is 0 Å². The van der Waals surface area contributed by atoms with Crippen LogP contribution < -0.4 is 16.4 Å². The lowest BCUT2D eigenvalue weighted by Gasteiger charge is -2.30. The smallest absolute Gasteiger partial charge is 0.221 e. The first-order valence-corrected chi connectivity index (χ1v) is 13.4. The van der Waals surface area contributed by atoms with Gasteiger partial charge in [0.1, 0.15) is 11.6 Å². The SMILES string of the molecule is C=C(/N=C1/C=CC=C/C1=C(/N)N(C)C)N[C@H]1CC[C@@H](NC(=O)CC(c2ccccc2)c2ccccc2)CC1. The molecule has 2 aromatic rings. The van der Waals surface area contributed by atoms with E-state index in [0.29, 0.717) is 18.1 Å². The van der Waals surface area contributed by atoms with Crippen LogP contribution in [-0.2, 0) is 4.79 Å². The number of hydrogen-bond donors (Lipinski definition) is 3. The summed E-state index contributed by atoms with van der Waals surface area (Å²) in [4.78, 5) is 19.7. The van der Waals surface area contributed by atoms with Crippen molar-refractivity contribution in [3.63, 3.8) is 0 Å². The molecule has 0 radical (unpaired) electrons. The number of nitrogens with one attached hydrogen (secondary N) is 2. The molecule has 2 aliphatic carbocycles. The molecule has 0 aliphatic heterocycles. The number of aliphatic imine (C=N–C) groups is 1. The Bertz CT molecular complexity index is 1180. The summed E-state index contributed by atoms with van der Waals surface area (Å²) >= 11 is 0. The van der Waals surface area contributed by atoms with Crippen molar-refractivity contribution in [2.75, 3.05) is 14.1 Å². The molecule has 2 aliphatic rings. The summed E-state index contributed by atoms with van der Waals surface area (Å²) < 4.78 is 0. The van der Waals surface area contributed by atoms with Gasteiger partial charge in [-0.05, 0) is 49.0 Å². The van der Waals surface area contributed by atoms with Crippen molar-refractivity contribution in [2.45, 2.75) is 50.1 Å². The number of carbonyl (C=O) groups is 1. The fraction of sp³-hybridized carbons (Fsp3) is 0.312. The minimum absolute atomic E-state index is 0.0435. The Morgan fingerprint density at radius 1 is 0.921 bits per heavy atom. The zero-order chi connectivity index (χ0) is 26.9. The molecule has 198 valence electrons. The van der Waals surface area contributed by atoms with E-state index in [2.05, 4.69) is 41.5 Å². The van der Waals surface area contributed by atoms with Crippen LogP contribution in [0.25, 0.3) is 0 Å². The maximum atomic E-state index is 13.1. The first-order chi connectivity index (χ1) is 18.4. The number of nitrogens with two attached hydrogens (primary N) is 1. The molecule has 0 aromatic heterocycles. The van der Waals surface area contributed by atoms with Crippen molar-refractivity contribution < 1.29 is 4.79 Å². The van der Waals surface area contributed by atoms with Crippen LogP contribution in [0.4, 0.5) is 0 Å². The highest BCUT2D eigenvalue weighted by Crippen LogP contribution is 2.28. The molecular formula is C32H39N5O. The van der Waals surface area contributed by atoms with Gasteiger partial charge in [0.25, 0.3) is 0 Å². The molecule has 0 heterocycles. The van der Waals surface area contributed by atoms with E-state index in [0.717, 1.165) is 48.1 Å². The molecule has 0 bridgehead atoms. The van der Waals surface area contributed by atoms with Gasteiger partial charge in [0.05, 0.1) is 5.71 Å². The average molecular weight is 510 g/mol. The molecule has 0 unspecified atom stereocenters. The highest BCUT2D eigenvalue weighted by molar-refractivity contribution is 6.12. The van der Waals surface area contributed by atoms with E-state index in [9.17, 15) is 4.79 Å². The van der Waals surface area contributed by atoms with Crippen LogP contribution in [0.2, 0.25) is 0 Å². The van der Waals surface area contributed by atoms with Crippen LogP contribution >= 0.6 is 0 Å². The molecule has 1 fully saturated rings. The molecule has 6 heteroatoms. The van der Waals surface area contributed by atoms with Crippen molar-refractivity contribution in [1.29, 1.82) is 0 Å². The predicted octanol–water partition coefficient (Wildman–Crippen LogP) is 5.00. The summed E-state index contributed by atoms with van der Waals surface area (Å²) in [6.45, 7) is 4.14. The van der Waals surface area contributed by atoms with Gasteiger partial charge >= 0.3 is 0 Å². The van der Waals surface area contributed by atoms with Crippen LogP contribution in [0.5, 0.6) is 0 Å². The van der Waals surface area contributed by atoms with Gasteiger partial charge in [0, 0.05) is 44.1 Å². The summed E-state index contributed by atoms with van der Waals surface area (Å²) in [5.74, 6) is 1.44. The third-order valence-electron chi connectivity index (χ3n) is 7.17. The Morgan fingerprint density at radius 2 is 1.45 bits per heavy atom. The van der Waals surface area contributed by atoms with Gasteiger partial charge in [-0.1, -0.05) is 79.4 Å². The summed E-state index contributed by atoms with van der Waals surface area (Å²) in [7, 11) is 3.83. The lowest BCUT2D eigenvalue weighted by atomic mass is 9.87. The van der Waals surface area contributed by atoms with Gasteiger partial charge in [-0.3, -0.25) is 4.79 Å². The molecule has 4 N–H and O–H groups in total. The van der Waals surface area contributed by atoms with Gasteiger partial charge in [-0.15, -0.1) is 0 Å². The standard InChI is InChI=1S/C32H39N5O/c1-23(35-30-17-11-10-16-28(30)32(33)37(2)3)34-26-18-20-27(21-19-26)36-31(38)22-29(24-12-6-4-7-13-24)25-14-8-5-9-15-25/h4-17,26-27,29,34H,1,18-22,33H2,2-3H3,(H,36,38)/b32-28+,35-30-/t26-,27+. The van der Waals surface area contributed by atoms with Gasteiger partial charge < -0.3 is 21.3 Å². The summed E-state index contributed by atoms with van der Waals surface area (Å²) in [5.41, 5.74) is 10.3. The van der Waals surface area contributed by atoms with Crippen LogP contribution in [-0.4, -0.2) is 42.7 Å². The number of carbonyl (C=O) groups excluding carboxylic acids is 1. The molecule has 0 spiro atoms. The molecule has 1 saturated carbocycles. The van der Waals surface area contributed by atoms with E-state index >= 15 is 0 Å². The Morgan fingerprint density at radius 3 is 2.00 bits per heavy atom. The molecule has 6 nitrogen and oxygen atoms in total. The first-order valence-electron chi connectivity index (χ1n) is 13.4. The second-order valence-electron chi connectivity index (χ2n) is 10.2. The molecular weight excluding hydrogens is 470 g/mol. The van der Waals surface area contributed by atoms with Crippen molar-refractivity contribution in [1.82, 2.24) is 15.5 Å². The lowest BCUT2D eigenvalue weighted by Crippen LogP contribution is -2.42. The number of allylic oxidation sites excluding steroid dienone is 5. The van der Waals surface area contributed by atoms with E-state index in [-0.39, 0.29) is 23.9 Å². The largest absolute Gasteiger partial charge is 0.385 e. The maximum Gasteiger partial charge on any atom is 0.221 e. The average Bonchev–Trinajstić information content (AvgIpc) is 2.93. The van der Waals surface area contributed by atoms with Crippen molar-refractivity contribution >= 4 is 11.6 Å². The van der Waals surface area contributed by atoms with Crippen LogP contribution in [0.1, 0.15) is 49.1 Å². The Hall–Kier alpha value is -4.06. The molecule has 4 rings (SSSR count). The zero-order valence-electron chi connectivity index (χ0n) is 22.4. The van der Waals surface area contributed by atoms with Crippen LogP contribution in [0, 0.1) is 0 Å². The molecule has 2 aromatic carbocycles. The van der Waals surface area contributed by atoms with Gasteiger partial charge in [-0.2, -0.15) is 0 Å². The topological polar surface area (TPSA) is 82.8 Å². The highest BCUT2D eigenvalue weighted by atomic mass is 16.1.